The zero-order valence-electron chi connectivity index (χ0n) is 12.1. The van der Waals surface area contributed by atoms with Crippen molar-refractivity contribution in [3.8, 4) is 0 Å². The van der Waals surface area contributed by atoms with E-state index >= 15 is 0 Å². The number of ether oxygens (including phenoxy) is 3. The van der Waals surface area contributed by atoms with Crippen LogP contribution in [0, 0.1) is 11.8 Å². The number of aliphatic hydroxyl groups excluding tert-OH is 1. The number of carbonyl (C=O) groups is 1. The zero-order chi connectivity index (χ0) is 15.1. The van der Waals surface area contributed by atoms with Gasteiger partial charge in [-0.3, -0.25) is 4.79 Å². The molecule has 1 N–H and O–H groups in total. The van der Waals surface area contributed by atoms with Crippen LogP contribution in [0.2, 0.25) is 0 Å². The number of benzene rings is 1. The molecule has 1 aliphatic carbocycles. The smallest absolute Gasteiger partial charge is 0.166 e. The highest BCUT2D eigenvalue weighted by atomic mass is 16.7. The number of hydrogen-bond donors (Lipinski definition) is 1. The molecule has 22 heavy (non-hydrogen) atoms. The first-order chi connectivity index (χ1) is 10.8. The van der Waals surface area contributed by atoms with Gasteiger partial charge in [0, 0.05) is 5.92 Å². The molecule has 0 saturated carbocycles. The summed E-state index contributed by atoms with van der Waals surface area (Å²) < 4.78 is 17.4. The summed E-state index contributed by atoms with van der Waals surface area (Å²) in [6.07, 6.45) is 0.243. The van der Waals surface area contributed by atoms with Gasteiger partial charge in [0.25, 0.3) is 0 Å². The lowest BCUT2D eigenvalue weighted by atomic mass is 9.82. The normalized spacial score (nSPS) is 36.3. The summed E-state index contributed by atoms with van der Waals surface area (Å²) >= 11 is 0. The molecule has 0 amide bonds. The summed E-state index contributed by atoms with van der Waals surface area (Å²) in [4.78, 5) is 12.3. The van der Waals surface area contributed by atoms with Crippen LogP contribution in [0.5, 0.6) is 0 Å². The van der Waals surface area contributed by atoms with Crippen molar-refractivity contribution < 1.29 is 24.1 Å². The molecule has 2 heterocycles. The van der Waals surface area contributed by atoms with E-state index in [1.807, 2.05) is 30.3 Å². The second kappa shape index (κ2) is 5.59. The van der Waals surface area contributed by atoms with Crippen molar-refractivity contribution in [3.63, 3.8) is 0 Å². The van der Waals surface area contributed by atoms with Gasteiger partial charge in [0.1, 0.15) is 6.10 Å². The zero-order valence-corrected chi connectivity index (χ0v) is 12.1. The van der Waals surface area contributed by atoms with Crippen LogP contribution in [0.3, 0.4) is 0 Å². The van der Waals surface area contributed by atoms with Crippen LogP contribution < -0.4 is 0 Å². The molecule has 2 saturated heterocycles. The fourth-order valence-electron chi connectivity index (χ4n) is 3.64. The quantitative estimate of drug-likeness (QED) is 0.901. The third-order valence-electron chi connectivity index (χ3n) is 4.67. The van der Waals surface area contributed by atoms with Crippen LogP contribution in [0.4, 0.5) is 0 Å². The third-order valence-corrected chi connectivity index (χ3v) is 4.67. The van der Waals surface area contributed by atoms with Crippen molar-refractivity contribution in [1.82, 2.24) is 0 Å². The van der Waals surface area contributed by atoms with E-state index in [1.54, 1.807) is 6.08 Å². The minimum atomic E-state index is -0.537. The largest absolute Gasteiger partial charge is 0.394 e. The number of ketones is 1. The lowest BCUT2D eigenvalue weighted by molar-refractivity contribution is -0.250. The Morgan fingerprint density at radius 3 is 2.82 bits per heavy atom. The highest BCUT2D eigenvalue weighted by Crippen LogP contribution is 2.46. The van der Waals surface area contributed by atoms with Gasteiger partial charge in [-0.15, -0.1) is 0 Å². The molecule has 5 atom stereocenters. The SMILES string of the molecule is O=C1C=C2CO[C@H]3O[C@H](CO)[C@@H](OCc4ccccc4)[C@@H]1[C@@H]23. The molecule has 2 aliphatic heterocycles. The van der Waals surface area contributed by atoms with Crippen molar-refractivity contribution in [2.45, 2.75) is 25.1 Å². The van der Waals surface area contributed by atoms with E-state index in [4.69, 9.17) is 14.2 Å². The van der Waals surface area contributed by atoms with E-state index in [1.165, 1.54) is 0 Å². The molecule has 0 aromatic heterocycles. The van der Waals surface area contributed by atoms with E-state index in [0.717, 1.165) is 11.1 Å². The van der Waals surface area contributed by atoms with Crippen LogP contribution in [0.1, 0.15) is 5.56 Å². The maximum atomic E-state index is 12.3. The first kappa shape index (κ1) is 14.1. The number of rotatable bonds is 4. The maximum Gasteiger partial charge on any atom is 0.166 e. The Morgan fingerprint density at radius 2 is 2.05 bits per heavy atom. The van der Waals surface area contributed by atoms with Crippen molar-refractivity contribution in [2.75, 3.05) is 13.2 Å². The van der Waals surface area contributed by atoms with Crippen molar-refractivity contribution in [1.29, 1.82) is 0 Å². The van der Waals surface area contributed by atoms with Gasteiger partial charge in [0.15, 0.2) is 12.1 Å². The van der Waals surface area contributed by atoms with Crippen LogP contribution in [-0.4, -0.2) is 42.6 Å². The molecule has 4 rings (SSSR count). The van der Waals surface area contributed by atoms with Gasteiger partial charge in [-0.2, -0.15) is 0 Å². The fraction of sp³-hybridized carbons (Fsp3) is 0.471. The summed E-state index contributed by atoms with van der Waals surface area (Å²) in [5.41, 5.74) is 2.02. The molecule has 0 bridgehead atoms. The van der Waals surface area contributed by atoms with E-state index in [9.17, 15) is 9.90 Å². The Hall–Kier alpha value is -1.53. The molecule has 0 unspecified atom stereocenters. The second-order valence-corrected chi connectivity index (χ2v) is 5.97. The minimum Gasteiger partial charge on any atom is -0.394 e. The van der Waals surface area contributed by atoms with E-state index in [-0.39, 0.29) is 24.2 Å². The number of carbonyl (C=O) groups excluding carboxylic acids is 1. The molecule has 1 aromatic carbocycles. The van der Waals surface area contributed by atoms with Gasteiger partial charge in [0.2, 0.25) is 0 Å². The number of aliphatic hydroxyl groups is 1. The van der Waals surface area contributed by atoms with E-state index < -0.39 is 18.5 Å². The lowest BCUT2D eigenvalue weighted by Gasteiger charge is -2.40. The number of allylic oxidation sites excluding steroid dienone is 1. The molecule has 1 aromatic rings. The molecule has 116 valence electrons. The van der Waals surface area contributed by atoms with Crippen LogP contribution >= 0.6 is 0 Å². The highest BCUT2D eigenvalue weighted by molar-refractivity contribution is 5.96. The van der Waals surface area contributed by atoms with Crippen molar-refractivity contribution in [2.24, 2.45) is 11.8 Å². The molecule has 5 heteroatoms. The molecular formula is C17H18O5. The predicted octanol–water partition coefficient (Wildman–Crippen LogP) is 1.06. The van der Waals surface area contributed by atoms with Gasteiger partial charge in [-0.05, 0) is 17.2 Å². The molecule has 3 aliphatic rings. The average molecular weight is 302 g/mol. The van der Waals surface area contributed by atoms with Crippen LogP contribution in [-0.2, 0) is 25.6 Å². The van der Waals surface area contributed by atoms with Gasteiger partial charge in [0.05, 0.1) is 31.8 Å². The van der Waals surface area contributed by atoms with Gasteiger partial charge >= 0.3 is 0 Å². The first-order valence-electron chi connectivity index (χ1n) is 7.55. The predicted molar refractivity (Wildman–Crippen MR) is 76.8 cm³/mol. The maximum absolute atomic E-state index is 12.3. The van der Waals surface area contributed by atoms with Gasteiger partial charge in [-0.1, -0.05) is 30.3 Å². The van der Waals surface area contributed by atoms with Gasteiger partial charge < -0.3 is 19.3 Å². The van der Waals surface area contributed by atoms with Gasteiger partial charge in [-0.25, -0.2) is 0 Å². The third kappa shape index (κ3) is 2.21. The summed E-state index contributed by atoms with van der Waals surface area (Å²) in [6.45, 7) is 0.634. The van der Waals surface area contributed by atoms with Crippen molar-refractivity contribution in [3.05, 3.63) is 47.5 Å². The Balaban J connectivity index is 1.55. The molecule has 5 nitrogen and oxygen atoms in total. The summed E-state index contributed by atoms with van der Waals surface area (Å²) in [5, 5.41) is 9.60. The summed E-state index contributed by atoms with van der Waals surface area (Å²) in [6, 6.07) is 9.78. The highest BCUT2D eigenvalue weighted by Gasteiger charge is 2.56. The van der Waals surface area contributed by atoms with Crippen LogP contribution in [0.15, 0.2) is 42.0 Å². The Morgan fingerprint density at radius 1 is 1.23 bits per heavy atom. The minimum absolute atomic E-state index is 0.0592. The summed E-state index contributed by atoms with van der Waals surface area (Å²) in [7, 11) is 0. The van der Waals surface area contributed by atoms with Crippen LogP contribution in [0.25, 0.3) is 0 Å². The number of hydrogen-bond acceptors (Lipinski definition) is 5. The fourth-order valence-corrected chi connectivity index (χ4v) is 3.64. The van der Waals surface area contributed by atoms with E-state index in [2.05, 4.69) is 0 Å². The molecule has 0 radical (unpaired) electrons. The van der Waals surface area contributed by atoms with E-state index in [0.29, 0.717) is 13.2 Å². The first-order valence-corrected chi connectivity index (χ1v) is 7.55. The lowest BCUT2D eigenvalue weighted by Crippen LogP contribution is -2.53. The molecule has 2 fully saturated rings. The Bertz CT molecular complexity index is 596. The summed E-state index contributed by atoms with van der Waals surface area (Å²) in [5.74, 6) is -0.304. The Labute approximate surface area is 128 Å². The van der Waals surface area contributed by atoms with Crippen molar-refractivity contribution >= 4 is 5.78 Å². The average Bonchev–Trinajstić information content (AvgIpc) is 3.09. The standard InChI is InChI=1S/C17H18O5/c18-7-13-16(20-8-10-4-2-1-3-5-10)15-12(19)6-11-9-21-17(22-13)14(11)15/h1-6,13-18H,7-9H2/t13-,14-,15+,16-,17+/m1/s1. The monoisotopic (exact) mass is 302 g/mol. The second-order valence-electron chi connectivity index (χ2n) is 5.97. The topological polar surface area (TPSA) is 65.0 Å². The molecule has 0 spiro atoms. The molecular weight excluding hydrogens is 284 g/mol. The Kier molecular flexibility index (Phi) is 3.58.